The van der Waals surface area contributed by atoms with Crippen molar-refractivity contribution in [2.75, 3.05) is 26.8 Å². The number of morpholine rings is 1. The van der Waals surface area contributed by atoms with E-state index in [1.54, 1.807) is 7.05 Å². The molecule has 2 aromatic carbocycles. The number of phosphoric ester groups is 1. The topological polar surface area (TPSA) is 147 Å². The highest BCUT2D eigenvalue weighted by molar-refractivity contribution is 7.46. The van der Waals surface area contributed by atoms with Gasteiger partial charge in [0, 0.05) is 5.56 Å². The van der Waals surface area contributed by atoms with E-state index in [-0.39, 0.29) is 29.6 Å². The van der Waals surface area contributed by atoms with Gasteiger partial charge in [0.15, 0.2) is 6.04 Å². The standard InChI is InChI=1S/C23H22F7N4O7P/c1-34(20-31-21(35)33-32-20)6-7-39-19(18(34)12-2-4-16(24)5-3-12)41-17(11-40-42(36,37)38)13-8-14(22(25,26)27)10-15(9-13)23(28,29)30/h2-5,8-10,17-19H,6-7,11H2,1H3,(H3-,31,32,33,35,36,37,38)/p+1/t17-,18+,19-,34?/m1/s1. The van der Waals surface area contributed by atoms with Gasteiger partial charge in [-0.2, -0.15) is 26.3 Å². The predicted octanol–water partition coefficient (Wildman–Crippen LogP) is 4.18. The van der Waals surface area contributed by atoms with E-state index < -0.39 is 73.4 Å². The van der Waals surface area contributed by atoms with Gasteiger partial charge in [0.1, 0.15) is 18.5 Å². The Morgan fingerprint density at radius 2 is 1.69 bits per heavy atom. The fraction of sp³-hybridized carbons (Fsp3) is 0.391. The maximum atomic E-state index is 13.8. The first-order valence-electron chi connectivity index (χ1n) is 11.9. The van der Waals surface area contributed by atoms with Crippen LogP contribution in [0.3, 0.4) is 0 Å². The van der Waals surface area contributed by atoms with Gasteiger partial charge in [-0.1, -0.05) is 5.10 Å². The van der Waals surface area contributed by atoms with Gasteiger partial charge in [0.05, 0.1) is 31.4 Å². The molecule has 19 heteroatoms. The molecule has 1 saturated heterocycles. The maximum absolute atomic E-state index is 13.8. The minimum Gasteiger partial charge on any atom is -0.341 e. The van der Waals surface area contributed by atoms with Crippen molar-refractivity contribution in [3.8, 4) is 0 Å². The van der Waals surface area contributed by atoms with Gasteiger partial charge < -0.3 is 19.3 Å². The number of phosphoric acid groups is 1. The van der Waals surface area contributed by atoms with Crippen LogP contribution < -0.4 is 10.2 Å². The van der Waals surface area contributed by atoms with Crippen LogP contribution in [0.25, 0.3) is 0 Å². The van der Waals surface area contributed by atoms with Crippen molar-refractivity contribution < 1.29 is 59.1 Å². The third-order valence-corrected chi connectivity index (χ3v) is 7.05. The normalized spacial score (nSPS) is 22.7. The second-order valence-corrected chi connectivity index (χ2v) is 10.7. The van der Waals surface area contributed by atoms with Crippen LogP contribution in [-0.4, -0.2) is 58.1 Å². The van der Waals surface area contributed by atoms with Gasteiger partial charge in [-0.25, -0.2) is 28.3 Å². The second kappa shape index (κ2) is 11.5. The predicted molar refractivity (Wildman–Crippen MR) is 129 cm³/mol. The average Bonchev–Trinajstić information content (AvgIpc) is 3.32. The van der Waals surface area contributed by atoms with E-state index in [4.69, 9.17) is 9.47 Å². The number of aromatic nitrogens is 3. The zero-order valence-corrected chi connectivity index (χ0v) is 22.2. The number of benzene rings is 2. The summed E-state index contributed by atoms with van der Waals surface area (Å²) in [5, 5.41) is 6.13. The number of nitrogens with zero attached hydrogens (tertiary/aromatic N) is 2. The third-order valence-electron chi connectivity index (χ3n) is 6.57. The number of halogens is 7. The summed E-state index contributed by atoms with van der Waals surface area (Å²) in [6.07, 6.45) is -14.0. The summed E-state index contributed by atoms with van der Waals surface area (Å²) in [5.41, 5.74) is -4.58. The molecule has 0 saturated carbocycles. The Kier molecular flexibility index (Phi) is 8.72. The number of likely N-dealkylation sites (N-methyl/N-ethyl adjacent to an activating group) is 1. The van der Waals surface area contributed by atoms with Gasteiger partial charge in [0.25, 0.3) is 0 Å². The van der Waals surface area contributed by atoms with Crippen molar-refractivity contribution in [3.05, 3.63) is 81.0 Å². The van der Waals surface area contributed by atoms with Crippen molar-refractivity contribution in [1.82, 2.24) is 19.7 Å². The summed E-state index contributed by atoms with van der Waals surface area (Å²) in [6, 6.07) is 4.24. The lowest BCUT2D eigenvalue weighted by molar-refractivity contribution is -0.231. The van der Waals surface area contributed by atoms with Gasteiger partial charge >= 0.3 is 31.8 Å². The summed E-state index contributed by atoms with van der Waals surface area (Å²) >= 11 is 0. The van der Waals surface area contributed by atoms with Crippen molar-refractivity contribution in [2.45, 2.75) is 30.8 Å². The number of alkyl halides is 6. The largest absolute Gasteiger partial charge is 0.469 e. The van der Waals surface area contributed by atoms with Crippen LogP contribution in [0, 0.1) is 5.82 Å². The first-order valence-corrected chi connectivity index (χ1v) is 13.4. The monoisotopic (exact) mass is 631 g/mol. The smallest absolute Gasteiger partial charge is 0.341 e. The molecule has 0 spiro atoms. The Balaban J connectivity index is 1.84. The lowest BCUT2D eigenvalue weighted by Crippen LogP contribution is -2.60. The van der Waals surface area contributed by atoms with E-state index in [0.29, 0.717) is 17.7 Å². The molecule has 1 aromatic heterocycles. The molecule has 230 valence electrons. The zero-order valence-electron chi connectivity index (χ0n) is 21.3. The first-order chi connectivity index (χ1) is 19.4. The highest BCUT2D eigenvalue weighted by Gasteiger charge is 2.50. The first kappa shape index (κ1) is 31.8. The molecular weight excluding hydrogens is 608 g/mol. The third kappa shape index (κ3) is 7.26. The summed E-state index contributed by atoms with van der Waals surface area (Å²) < 4.78 is 122. The molecule has 3 aromatic rings. The quantitative estimate of drug-likeness (QED) is 0.165. The van der Waals surface area contributed by atoms with Gasteiger partial charge in [-0.15, -0.1) is 0 Å². The fourth-order valence-electron chi connectivity index (χ4n) is 4.56. The Morgan fingerprint density at radius 1 is 1.10 bits per heavy atom. The zero-order chi connectivity index (χ0) is 31.1. The Morgan fingerprint density at radius 3 is 2.19 bits per heavy atom. The molecule has 0 amide bonds. The highest BCUT2D eigenvalue weighted by atomic mass is 31.2. The summed E-state index contributed by atoms with van der Waals surface area (Å²) in [6.45, 7) is -1.23. The number of quaternary nitrogens is 1. The Labute approximate surface area is 231 Å². The van der Waals surface area contributed by atoms with Gasteiger partial charge in [0.2, 0.25) is 6.29 Å². The van der Waals surface area contributed by atoms with Crippen LogP contribution in [0.4, 0.5) is 36.7 Å². The molecular formula is C23H23F7N4O7P+. The van der Waals surface area contributed by atoms with Crippen molar-refractivity contribution in [2.24, 2.45) is 0 Å². The highest BCUT2D eigenvalue weighted by Crippen LogP contribution is 2.44. The van der Waals surface area contributed by atoms with Crippen molar-refractivity contribution >= 4 is 13.8 Å². The van der Waals surface area contributed by atoms with Gasteiger partial charge in [-0.05, 0) is 48.0 Å². The number of H-pyrrole nitrogens is 2. The van der Waals surface area contributed by atoms with Gasteiger partial charge in [-0.3, -0.25) is 4.52 Å². The molecule has 1 unspecified atom stereocenters. The van der Waals surface area contributed by atoms with E-state index >= 15 is 0 Å². The molecule has 2 heterocycles. The SMILES string of the molecule is C[N+]1(c2n[nH]c(=O)[nH]2)CCO[C@H](O[C@H](COP(=O)(O)O)c2cc(C(F)(F)F)cc(C(F)(F)F)c2)[C@@H]1c1ccc(F)cc1. The van der Waals surface area contributed by atoms with Crippen LogP contribution in [0.2, 0.25) is 0 Å². The number of rotatable bonds is 8. The molecule has 0 bridgehead atoms. The number of nitrogens with one attached hydrogen (secondary N) is 2. The van der Waals surface area contributed by atoms with E-state index in [9.17, 15) is 49.9 Å². The molecule has 1 aliphatic heterocycles. The minimum absolute atomic E-state index is 0.0349. The summed E-state index contributed by atoms with van der Waals surface area (Å²) in [4.78, 5) is 32.8. The van der Waals surface area contributed by atoms with Crippen molar-refractivity contribution in [1.29, 1.82) is 0 Å². The van der Waals surface area contributed by atoms with Crippen LogP contribution in [-0.2, 0) is 30.9 Å². The van der Waals surface area contributed by atoms with E-state index in [1.165, 1.54) is 12.1 Å². The Bertz CT molecular complexity index is 1470. The maximum Gasteiger partial charge on any atom is 0.469 e. The van der Waals surface area contributed by atoms with Crippen LogP contribution >= 0.6 is 7.82 Å². The molecule has 0 radical (unpaired) electrons. The van der Waals surface area contributed by atoms with Crippen LogP contribution in [0.15, 0.2) is 47.3 Å². The van der Waals surface area contributed by atoms with Crippen LogP contribution in [0.1, 0.15) is 34.4 Å². The molecule has 11 nitrogen and oxygen atoms in total. The molecule has 1 aliphatic rings. The Hall–Kier alpha value is -3.12. The number of aromatic amines is 2. The van der Waals surface area contributed by atoms with Crippen molar-refractivity contribution in [3.63, 3.8) is 0 Å². The number of ether oxygens (including phenoxy) is 2. The van der Waals surface area contributed by atoms with E-state index in [0.717, 1.165) is 12.1 Å². The molecule has 42 heavy (non-hydrogen) atoms. The molecule has 4 atom stereocenters. The molecule has 4 rings (SSSR count). The average molecular weight is 631 g/mol. The lowest BCUT2D eigenvalue weighted by atomic mass is 9.99. The molecule has 0 aliphatic carbocycles. The molecule has 4 N–H and O–H groups in total. The van der Waals surface area contributed by atoms with Crippen LogP contribution in [0.5, 0.6) is 0 Å². The second-order valence-electron chi connectivity index (χ2n) is 9.48. The minimum atomic E-state index is -5.30. The van der Waals surface area contributed by atoms with E-state index in [2.05, 4.69) is 19.7 Å². The summed E-state index contributed by atoms with van der Waals surface area (Å²) in [7, 11) is -3.73. The van der Waals surface area contributed by atoms with E-state index in [1.807, 2.05) is 0 Å². The number of hydrogen-bond acceptors (Lipinski definition) is 6. The molecule has 1 fully saturated rings. The summed E-state index contributed by atoms with van der Waals surface area (Å²) in [5.74, 6) is -0.598. The fourth-order valence-corrected chi connectivity index (χ4v) is 4.89. The lowest BCUT2D eigenvalue weighted by Gasteiger charge is -2.46. The number of hydrogen-bond donors (Lipinski definition) is 4.